The van der Waals surface area contributed by atoms with Gasteiger partial charge >= 0.3 is 0 Å². The minimum atomic E-state index is -0.614. The maximum absolute atomic E-state index is 14.0. The number of piperidine rings is 1. The first-order valence-corrected chi connectivity index (χ1v) is 8.72. The molecule has 3 rings (SSSR count). The van der Waals surface area contributed by atoms with Crippen LogP contribution in [0.3, 0.4) is 0 Å². The number of ketones is 1. The molecule has 138 valence electrons. The number of hydrogen-bond acceptors (Lipinski definition) is 5. The van der Waals surface area contributed by atoms with E-state index in [1.807, 2.05) is 6.07 Å². The van der Waals surface area contributed by atoms with Gasteiger partial charge in [-0.3, -0.25) is 14.9 Å². The first-order chi connectivity index (χ1) is 12.9. The van der Waals surface area contributed by atoms with Crippen LogP contribution in [0.15, 0.2) is 36.4 Å². The number of carbonyl (C=O) groups is 1. The number of hydrogen-bond donors (Lipinski definition) is 0. The SMILES string of the molecule is N#Cc1cccc([N+](=O)[O-])c1N1CCC(C(=O)c2cc(Cl)ccc2F)CC1. The zero-order chi connectivity index (χ0) is 19.6. The van der Waals surface area contributed by atoms with Gasteiger partial charge in [0.05, 0.1) is 16.1 Å². The van der Waals surface area contributed by atoms with E-state index >= 15 is 0 Å². The lowest BCUT2D eigenvalue weighted by atomic mass is 9.88. The van der Waals surface area contributed by atoms with Gasteiger partial charge in [0.2, 0.25) is 0 Å². The van der Waals surface area contributed by atoms with Crippen molar-refractivity contribution in [1.82, 2.24) is 0 Å². The van der Waals surface area contributed by atoms with E-state index < -0.39 is 16.7 Å². The Bertz CT molecular complexity index is 950. The Hall–Kier alpha value is -2.98. The number of para-hydroxylation sites is 1. The molecule has 0 radical (unpaired) electrons. The Kier molecular flexibility index (Phi) is 5.38. The topological polar surface area (TPSA) is 87.2 Å². The molecule has 1 aliphatic heterocycles. The molecular formula is C19H15ClFN3O3. The number of nitro benzene ring substituents is 1. The third-order valence-electron chi connectivity index (χ3n) is 4.71. The molecule has 0 aromatic heterocycles. The summed E-state index contributed by atoms with van der Waals surface area (Å²) >= 11 is 5.86. The summed E-state index contributed by atoms with van der Waals surface area (Å²) in [5.74, 6) is -1.34. The molecule has 6 nitrogen and oxygen atoms in total. The lowest BCUT2D eigenvalue weighted by Crippen LogP contribution is -2.37. The van der Waals surface area contributed by atoms with E-state index in [1.165, 1.54) is 30.3 Å². The van der Waals surface area contributed by atoms with Gasteiger partial charge in [0.25, 0.3) is 5.69 Å². The fourth-order valence-electron chi connectivity index (χ4n) is 3.37. The van der Waals surface area contributed by atoms with Crippen molar-refractivity contribution < 1.29 is 14.1 Å². The molecule has 1 heterocycles. The van der Waals surface area contributed by atoms with Crippen LogP contribution in [0, 0.1) is 33.2 Å². The van der Waals surface area contributed by atoms with E-state index in [1.54, 1.807) is 4.90 Å². The van der Waals surface area contributed by atoms with Crippen LogP contribution in [-0.4, -0.2) is 23.8 Å². The summed E-state index contributed by atoms with van der Waals surface area (Å²) in [6.07, 6.45) is 0.809. The van der Waals surface area contributed by atoms with Crippen molar-refractivity contribution in [2.24, 2.45) is 5.92 Å². The highest BCUT2D eigenvalue weighted by Gasteiger charge is 2.31. The monoisotopic (exact) mass is 387 g/mol. The van der Waals surface area contributed by atoms with Crippen LogP contribution in [0.1, 0.15) is 28.8 Å². The summed E-state index contributed by atoms with van der Waals surface area (Å²) in [4.78, 5) is 25.2. The highest BCUT2D eigenvalue weighted by atomic mass is 35.5. The zero-order valence-electron chi connectivity index (χ0n) is 14.2. The van der Waals surface area contributed by atoms with Gasteiger partial charge in [-0.25, -0.2) is 4.39 Å². The number of halogens is 2. The number of rotatable bonds is 4. The Morgan fingerprint density at radius 1 is 1.30 bits per heavy atom. The van der Waals surface area contributed by atoms with E-state index in [-0.39, 0.29) is 33.3 Å². The second-order valence-electron chi connectivity index (χ2n) is 6.29. The smallest absolute Gasteiger partial charge is 0.293 e. The van der Waals surface area contributed by atoms with Crippen LogP contribution in [0.25, 0.3) is 0 Å². The third-order valence-corrected chi connectivity index (χ3v) is 4.94. The Morgan fingerprint density at radius 2 is 2.00 bits per heavy atom. The van der Waals surface area contributed by atoms with Crippen molar-refractivity contribution in [1.29, 1.82) is 5.26 Å². The van der Waals surface area contributed by atoms with E-state index in [9.17, 15) is 24.6 Å². The molecular weight excluding hydrogens is 373 g/mol. The average Bonchev–Trinajstić information content (AvgIpc) is 2.68. The summed E-state index contributed by atoms with van der Waals surface area (Å²) in [7, 11) is 0. The minimum absolute atomic E-state index is 0.0376. The van der Waals surface area contributed by atoms with Crippen molar-refractivity contribution >= 4 is 28.8 Å². The zero-order valence-corrected chi connectivity index (χ0v) is 14.9. The lowest BCUT2D eigenvalue weighted by molar-refractivity contribution is -0.384. The van der Waals surface area contributed by atoms with E-state index in [0.717, 1.165) is 6.07 Å². The van der Waals surface area contributed by atoms with E-state index in [2.05, 4.69) is 0 Å². The number of carbonyl (C=O) groups excluding carboxylic acids is 1. The van der Waals surface area contributed by atoms with E-state index in [0.29, 0.717) is 25.9 Å². The number of Topliss-reactive ketones (excluding diaryl/α,β-unsaturated/α-hetero) is 1. The highest BCUT2D eigenvalue weighted by molar-refractivity contribution is 6.31. The van der Waals surface area contributed by atoms with Crippen molar-refractivity contribution in [3.05, 3.63) is 68.5 Å². The molecule has 0 amide bonds. The normalized spacial score (nSPS) is 14.6. The highest BCUT2D eigenvalue weighted by Crippen LogP contribution is 2.35. The fraction of sp³-hybridized carbons (Fsp3) is 0.263. The minimum Gasteiger partial charge on any atom is -0.365 e. The standard InChI is InChI=1S/C19H15ClFN3O3/c20-14-4-5-16(21)15(10-14)19(25)12-6-8-23(9-7-12)18-13(11-22)2-1-3-17(18)24(26)27/h1-5,10,12H,6-9H2. The Balaban J connectivity index is 1.80. The molecule has 2 aromatic carbocycles. The Labute approximate surface area is 159 Å². The average molecular weight is 388 g/mol. The fourth-order valence-corrected chi connectivity index (χ4v) is 3.54. The quantitative estimate of drug-likeness (QED) is 0.442. The maximum atomic E-state index is 14.0. The molecule has 1 fully saturated rings. The van der Waals surface area contributed by atoms with E-state index in [4.69, 9.17) is 11.6 Å². The van der Waals surface area contributed by atoms with Gasteiger partial charge < -0.3 is 4.90 Å². The molecule has 0 unspecified atom stereocenters. The summed E-state index contributed by atoms with van der Waals surface area (Å²) in [6.45, 7) is 0.719. The first kappa shape index (κ1) is 18.8. The number of nitrogens with zero attached hydrogens (tertiary/aromatic N) is 3. The predicted octanol–water partition coefficient (Wildman–Crippen LogP) is 4.36. The first-order valence-electron chi connectivity index (χ1n) is 8.34. The summed E-state index contributed by atoms with van der Waals surface area (Å²) in [5.41, 5.74) is 0.309. The molecule has 0 spiro atoms. The third kappa shape index (κ3) is 3.76. The van der Waals surface area contributed by atoms with Crippen LogP contribution in [0.4, 0.5) is 15.8 Å². The lowest BCUT2D eigenvalue weighted by Gasteiger charge is -2.33. The molecule has 1 aliphatic rings. The van der Waals surface area contributed by atoms with Crippen LogP contribution < -0.4 is 4.90 Å². The summed E-state index contributed by atoms with van der Waals surface area (Å²) in [6, 6.07) is 10.2. The Morgan fingerprint density at radius 3 is 2.63 bits per heavy atom. The second kappa shape index (κ2) is 7.72. The van der Waals surface area contributed by atoms with Crippen LogP contribution in [-0.2, 0) is 0 Å². The molecule has 0 atom stereocenters. The van der Waals surface area contributed by atoms with Crippen molar-refractivity contribution in [2.75, 3.05) is 18.0 Å². The number of benzene rings is 2. The summed E-state index contributed by atoms with van der Waals surface area (Å²) in [5, 5.41) is 20.9. The van der Waals surface area contributed by atoms with Crippen molar-refractivity contribution in [2.45, 2.75) is 12.8 Å². The predicted molar refractivity (Wildman–Crippen MR) is 98.5 cm³/mol. The van der Waals surface area contributed by atoms with Crippen molar-refractivity contribution in [3.63, 3.8) is 0 Å². The van der Waals surface area contributed by atoms with Gasteiger partial charge in [-0.1, -0.05) is 17.7 Å². The van der Waals surface area contributed by atoms with Gasteiger partial charge in [0.1, 0.15) is 17.6 Å². The van der Waals surface area contributed by atoms with Crippen LogP contribution in [0.5, 0.6) is 0 Å². The van der Waals surface area contributed by atoms with Crippen molar-refractivity contribution in [3.8, 4) is 6.07 Å². The molecule has 27 heavy (non-hydrogen) atoms. The molecule has 0 N–H and O–H groups in total. The van der Waals surface area contributed by atoms with Crippen LogP contribution >= 0.6 is 11.6 Å². The van der Waals surface area contributed by atoms with Gasteiger partial charge in [0.15, 0.2) is 5.78 Å². The van der Waals surface area contributed by atoms with Gasteiger partial charge in [-0.2, -0.15) is 5.26 Å². The molecule has 8 heteroatoms. The molecule has 0 saturated carbocycles. The van der Waals surface area contributed by atoms with Gasteiger partial charge in [-0.05, 0) is 37.1 Å². The summed E-state index contributed by atoms with van der Waals surface area (Å²) < 4.78 is 14.0. The number of nitro groups is 1. The van der Waals surface area contributed by atoms with Crippen LogP contribution in [0.2, 0.25) is 5.02 Å². The molecule has 1 saturated heterocycles. The van der Waals surface area contributed by atoms with Gasteiger partial charge in [0, 0.05) is 30.1 Å². The second-order valence-corrected chi connectivity index (χ2v) is 6.73. The maximum Gasteiger partial charge on any atom is 0.293 e. The number of anilines is 1. The molecule has 0 bridgehead atoms. The largest absolute Gasteiger partial charge is 0.365 e. The van der Waals surface area contributed by atoms with Gasteiger partial charge in [-0.15, -0.1) is 0 Å². The molecule has 0 aliphatic carbocycles. The number of nitriles is 1. The molecule has 2 aromatic rings.